The Bertz CT molecular complexity index is 519. The van der Waals surface area contributed by atoms with Crippen molar-refractivity contribution in [1.29, 1.82) is 0 Å². The van der Waals surface area contributed by atoms with Gasteiger partial charge in [0.05, 0.1) is 11.3 Å². The molecular formula is C17H25NO3. The van der Waals surface area contributed by atoms with E-state index in [1.54, 1.807) is 6.07 Å². The molecule has 1 saturated carbocycles. The number of aromatic nitrogens is 1. The number of hydrogen-bond acceptors (Lipinski definition) is 3. The monoisotopic (exact) mass is 291 g/mol. The summed E-state index contributed by atoms with van der Waals surface area (Å²) in [7, 11) is 0. The van der Waals surface area contributed by atoms with Crippen molar-refractivity contribution < 1.29 is 14.6 Å². The molecule has 4 nitrogen and oxygen atoms in total. The van der Waals surface area contributed by atoms with E-state index in [2.05, 4.69) is 11.9 Å². The van der Waals surface area contributed by atoms with Crippen molar-refractivity contribution in [1.82, 2.24) is 4.98 Å². The van der Waals surface area contributed by atoms with Crippen molar-refractivity contribution >= 4 is 5.97 Å². The van der Waals surface area contributed by atoms with Crippen molar-refractivity contribution in [3.8, 4) is 5.88 Å². The molecule has 0 aliphatic heterocycles. The molecule has 21 heavy (non-hydrogen) atoms. The molecular weight excluding hydrogens is 266 g/mol. The zero-order valence-corrected chi connectivity index (χ0v) is 13.3. The van der Waals surface area contributed by atoms with Gasteiger partial charge in [-0.15, -0.1) is 0 Å². The van der Waals surface area contributed by atoms with Gasteiger partial charge in [-0.3, -0.25) is 0 Å². The van der Waals surface area contributed by atoms with Gasteiger partial charge in [0.1, 0.15) is 6.10 Å². The fraction of sp³-hybridized carbons (Fsp3) is 0.647. The van der Waals surface area contributed by atoms with Crippen LogP contribution in [0.3, 0.4) is 0 Å². The minimum absolute atomic E-state index is 0.151. The molecule has 1 fully saturated rings. The second-order valence-electron chi connectivity index (χ2n) is 7.15. The molecule has 2 rings (SSSR count). The Morgan fingerprint density at radius 2 is 2.05 bits per heavy atom. The number of nitrogens with zero attached hydrogens (tertiary/aromatic N) is 1. The van der Waals surface area contributed by atoms with Gasteiger partial charge < -0.3 is 9.84 Å². The molecule has 4 heteroatoms. The second kappa shape index (κ2) is 6.04. The van der Waals surface area contributed by atoms with Crippen LogP contribution in [0, 0.1) is 5.92 Å². The number of ether oxygens (including phenoxy) is 1. The van der Waals surface area contributed by atoms with Gasteiger partial charge in [-0.1, -0.05) is 34.1 Å². The van der Waals surface area contributed by atoms with Crippen LogP contribution < -0.4 is 4.74 Å². The van der Waals surface area contributed by atoms with E-state index in [4.69, 9.17) is 4.74 Å². The minimum Gasteiger partial charge on any atom is -0.478 e. The standard InChI is InChI=1S/C17H25NO3/c1-11-6-5-7-13(8-11)21-15-10-12(16(19)20)9-14(18-15)17(2,3)4/h9-11,13H,5-8H2,1-4H3,(H,19,20). The lowest BCUT2D eigenvalue weighted by molar-refractivity contribution is 0.0694. The van der Waals surface area contributed by atoms with E-state index < -0.39 is 5.97 Å². The van der Waals surface area contributed by atoms with E-state index in [-0.39, 0.29) is 17.1 Å². The number of carbonyl (C=O) groups is 1. The molecule has 0 saturated heterocycles. The summed E-state index contributed by atoms with van der Waals surface area (Å²) in [5.74, 6) is 0.164. The van der Waals surface area contributed by atoms with Crippen LogP contribution in [-0.2, 0) is 5.41 Å². The largest absolute Gasteiger partial charge is 0.478 e. The Morgan fingerprint density at radius 1 is 1.33 bits per heavy atom. The van der Waals surface area contributed by atoms with E-state index in [1.165, 1.54) is 12.5 Å². The predicted molar refractivity (Wildman–Crippen MR) is 81.9 cm³/mol. The summed E-state index contributed by atoms with van der Waals surface area (Å²) in [6, 6.07) is 3.18. The highest BCUT2D eigenvalue weighted by atomic mass is 16.5. The molecule has 116 valence electrons. The average molecular weight is 291 g/mol. The first-order chi connectivity index (χ1) is 9.75. The van der Waals surface area contributed by atoms with Crippen LogP contribution in [0.2, 0.25) is 0 Å². The van der Waals surface area contributed by atoms with E-state index in [9.17, 15) is 9.90 Å². The first kappa shape index (κ1) is 15.8. The number of carboxylic acid groups (broad SMARTS) is 1. The Hall–Kier alpha value is -1.58. The molecule has 0 aromatic carbocycles. The Balaban J connectivity index is 2.25. The normalized spacial score (nSPS) is 22.9. The molecule has 1 aromatic heterocycles. The summed E-state index contributed by atoms with van der Waals surface area (Å²) >= 11 is 0. The van der Waals surface area contributed by atoms with Crippen LogP contribution in [0.25, 0.3) is 0 Å². The van der Waals surface area contributed by atoms with Crippen LogP contribution >= 0.6 is 0 Å². The third-order valence-corrected chi connectivity index (χ3v) is 3.99. The quantitative estimate of drug-likeness (QED) is 0.913. The summed E-state index contributed by atoms with van der Waals surface area (Å²) in [4.78, 5) is 15.8. The molecule has 0 amide bonds. The lowest BCUT2D eigenvalue weighted by atomic mass is 9.88. The molecule has 0 bridgehead atoms. The van der Waals surface area contributed by atoms with Gasteiger partial charge in [0.2, 0.25) is 5.88 Å². The Labute approximate surface area is 126 Å². The number of rotatable bonds is 3. The van der Waals surface area contributed by atoms with E-state index in [0.717, 1.165) is 25.0 Å². The zero-order valence-electron chi connectivity index (χ0n) is 13.3. The third-order valence-electron chi connectivity index (χ3n) is 3.99. The minimum atomic E-state index is -0.940. The molecule has 2 atom stereocenters. The molecule has 1 aromatic rings. The van der Waals surface area contributed by atoms with Crippen LogP contribution in [0.4, 0.5) is 0 Å². The maximum absolute atomic E-state index is 11.3. The van der Waals surface area contributed by atoms with Crippen molar-refractivity contribution in [2.45, 2.75) is 64.9 Å². The van der Waals surface area contributed by atoms with Crippen molar-refractivity contribution in [3.63, 3.8) is 0 Å². The van der Waals surface area contributed by atoms with E-state index >= 15 is 0 Å². The summed E-state index contributed by atoms with van der Waals surface area (Å²) in [6.07, 6.45) is 4.60. The fourth-order valence-electron chi connectivity index (χ4n) is 2.73. The molecule has 1 aliphatic carbocycles. The van der Waals surface area contributed by atoms with Crippen LogP contribution in [0.15, 0.2) is 12.1 Å². The highest BCUT2D eigenvalue weighted by Gasteiger charge is 2.23. The summed E-state index contributed by atoms with van der Waals surface area (Å²) in [6.45, 7) is 8.30. The van der Waals surface area contributed by atoms with Crippen molar-refractivity contribution in [2.75, 3.05) is 0 Å². The highest BCUT2D eigenvalue weighted by Crippen LogP contribution is 2.29. The lowest BCUT2D eigenvalue weighted by Gasteiger charge is -2.27. The smallest absolute Gasteiger partial charge is 0.335 e. The van der Waals surface area contributed by atoms with Gasteiger partial charge in [0.15, 0.2) is 0 Å². The van der Waals surface area contributed by atoms with Crippen molar-refractivity contribution in [2.24, 2.45) is 5.92 Å². The molecule has 1 N–H and O–H groups in total. The Morgan fingerprint density at radius 3 is 2.62 bits per heavy atom. The van der Waals surface area contributed by atoms with E-state index in [0.29, 0.717) is 11.8 Å². The maximum atomic E-state index is 11.3. The van der Waals surface area contributed by atoms with Gasteiger partial charge >= 0.3 is 5.97 Å². The molecule has 1 aliphatic rings. The molecule has 2 unspecified atom stereocenters. The molecule has 0 radical (unpaired) electrons. The zero-order chi connectivity index (χ0) is 15.6. The summed E-state index contributed by atoms with van der Waals surface area (Å²) in [5, 5.41) is 9.26. The van der Waals surface area contributed by atoms with Gasteiger partial charge in [-0.25, -0.2) is 9.78 Å². The van der Waals surface area contributed by atoms with Crippen LogP contribution in [-0.4, -0.2) is 22.2 Å². The maximum Gasteiger partial charge on any atom is 0.335 e. The average Bonchev–Trinajstić information content (AvgIpc) is 2.37. The SMILES string of the molecule is CC1CCCC(Oc2cc(C(=O)O)cc(C(C)(C)C)n2)C1. The van der Waals surface area contributed by atoms with Crippen LogP contribution in [0.5, 0.6) is 5.88 Å². The Kier molecular flexibility index (Phi) is 4.55. The number of hydrogen-bond donors (Lipinski definition) is 1. The number of pyridine rings is 1. The summed E-state index contributed by atoms with van der Waals surface area (Å²) in [5.41, 5.74) is 0.790. The summed E-state index contributed by atoms with van der Waals surface area (Å²) < 4.78 is 5.98. The van der Waals surface area contributed by atoms with Gasteiger partial charge in [-0.05, 0) is 31.2 Å². The molecule has 1 heterocycles. The van der Waals surface area contributed by atoms with Crippen molar-refractivity contribution in [3.05, 3.63) is 23.4 Å². The highest BCUT2D eigenvalue weighted by molar-refractivity contribution is 5.88. The van der Waals surface area contributed by atoms with Crippen LogP contribution in [0.1, 0.15) is 69.4 Å². The lowest BCUT2D eigenvalue weighted by Crippen LogP contribution is -2.25. The van der Waals surface area contributed by atoms with Gasteiger partial charge in [0, 0.05) is 11.5 Å². The first-order valence-electron chi connectivity index (χ1n) is 7.68. The second-order valence-corrected chi connectivity index (χ2v) is 7.15. The topological polar surface area (TPSA) is 59.4 Å². The van der Waals surface area contributed by atoms with Gasteiger partial charge in [0.25, 0.3) is 0 Å². The third kappa shape index (κ3) is 4.19. The number of aromatic carboxylic acids is 1. The van der Waals surface area contributed by atoms with E-state index in [1.807, 2.05) is 20.8 Å². The molecule has 0 spiro atoms. The fourth-order valence-corrected chi connectivity index (χ4v) is 2.73. The van der Waals surface area contributed by atoms with Gasteiger partial charge in [-0.2, -0.15) is 0 Å². The number of carboxylic acids is 1. The predicted octanol–water partition coefficient (Wildman–Crippen LogP) is 4.03. The first-order valence-corrected chi connectivity index (χ1v) is 7.68.